The van der Waals surface area contributed by atoms with Crippen LogP contribution in [0.1, 0.15) is 23.0 Å². The van der Waals surface area contributed by atoms with Crippen molar-refractivity contribution in [2.24, 2.45) is 5.73 Å². The molecule has 27 heavy (non-hydrogen) atoms. The Balaban J connectivity index is 1.96. The van der Waals surface area contributed by atoms with Gasteiger partial charge in [0.2, 0.25) is 0 Å². The molecule has 0 saturated carbocycles. The molecular formula is C18H16BrClN4O3. The first-order valence-corrected chi connectivity index (χ1v) is 9.21. The number of amides is 1. The third-order valence-corrected chi connectivity index (χ3v) is 4.74. The van der Waals surface area contributed by atoms with Crippen LogP contribution < -0.4 is 15.2 Å². The van der Waals surface area contributed by atoms with E-state index in [2.05, 4.69) is 31.3 Å². The lowest BCUT2D eigenvalue weighted by Gasteiger charge is -2.15. The highest BCUT2D eigenvalue weighted by Crippen LogP contribution is 2.39. The van der Waals surface area contributed by atoms with E-state index in [0.717, 1.165) is 5.56 Å². The van der Waals surface area contributed by atoms with Gasteiger partial charge in [-0.05, 0) is 41.1 Å². The highest BCUT2D eigenvalue weighted by Gasteiger charge is 2.20. The van der Waals surface area contributed by atoms with Gasteiger partial charge in [0, 0.05) is 20.6 Å². The Morgan fingerprint density at radius 1 is 1.22 bits per heavy atom. The number of primary amides is 1. The molecule has 0 aliphatic heterocycles. The third kappa shape index (κ3) is 4.23. The van der Waals surface area contributed by atoms with E-state index in [4.69, 9.17) is 26.8 Å². The predicted octanol–water partition coefficient (Wildman–Crippen LogP) is 3.96. The van der Waals surface area contributed by atoms with Crippen LogP contribution in [-0.4, -0.2) is 27.9 Å². The average molecular weight is 452 g/mol. The van der Waals surface area contributed by atoms with Crippen LogP contribution in [0.2, 0.25) is 5.02 Å². The molecule has 1 amide bonds. The largest absolute Gasteiger partial charge is 0.490 e. The number of rotatable bonds is 7. The van der Waals surface area contributed by atoms with E-state index in [1.54, 1.807) is 18.2 Å². The maximum Gasteiger partial charge on any atom is 0.271 e. The number of nitrogens with zero attached hydrogens (tertiary/aromatic N) is 2. The van der Waals surface area contributed by atoms with Crippen molar-refractivity contribution in [3.8, 4) is 22.8 Å². The molecule has 0 radical (unpaired) electrons. The van der Waals surface area contributed by atoms with Crippen molar-refractivity contribution in [2.45, 2.75) is 13.5 Å². The number of H-pyrrole nitrogens is 1. The van der Waals surface area contributed by atoms with Gasteiger partial charge >= 0.3 is 0 Å². The highest BCUT2D eigenvalue weighted by molar-refractivity contribution is 9.10. The molecule has 0 spiro atoms. The van der Waals surface area contributed by atoms with Crippen LogP contribution in [-0.2, 0) is 6.61 Å². The molecule has 0 bridgehead atoms. The lowest BCUT2D eigenvalue weighted by molar-refractivity contribution is 0.0996. The minimum atomic E-state index is -0.678. The standard InChI is InChI=1S/C18H16BrClN4O3/c1-2-26-14-7-11(16-17(18(21)25)23-24-22-16)12(19)8-15(14)27-9-10-5-3-4-6-13(10)20/h3-8H,2,9H2,1H3,(H2,21,25)(H,22,23,24). The van der Waals surface area contributed by atoms with Crippen molar-refractivity contribution in [1.82, 2.24) is 15.4 Å². The lowest BCUT2D eigenvalue weighted by Crippen LogP contribution is -2.13. The summed E-state index contributed by atoms with van der Waals surface area (Å²) in [4.78, 5) is 11.6. The lowest BCUT2D eigenvalue weighted by atomic mass is 10.1. The van der Waals surface area contributed by atoms with Crippen molar-refractivity contribution in [3.05, 3.63) is 57.2 Å². The zero-order valence-corrected chi connectivity index (χ0v) is 16.7. The molecule has 3 rings (SSSR count). The summed E-state index contributed by atoms with van der Waals surface area (Å²) in [6.07, 6.45) is 0. The molecule has 3 aromatic rings. The molecule has 9 heteroatoms. The Kier molecular flexibility index (Phi) is 5.98. The van der Waals surface area contributed by atoms with Crippen LogP contribution >= 0.6 is 27.5 Å². The summed E-state index contributed by atoms with van der Waals surface area (Å²) in [7, 11) is 0. The Morgan fingerprint density at radius 3 is 2.67 bits per heavy atom. The van der Waals surface area contributed by atoms with E-state index < -0.39 is 5.91 Å². The molecule has 0 saturated heterocycles. The van der Waals surface area contributed by atoms with Crippen molar-refractivity contribution in [1.29, 1.82) is 0 Å². The second-order valence-electron chi connectivity index (χ2n) is 5.48. The quantitative estimate of drug-likeness (QED) is 0.566. The smallest absolute Gasteiger partial charge is 0.271 e. The van der Waals surface area contributed by atoms with Crippen molar-refractivity contribution in [3.63, 3.8) is 0 Å². The molecule has 0 aliphatic carbocycles. The van der Waals surface area contributed by atoms with Gasteiger partial charge < -0.3 is 15.2 Å². The topological polar surface area (TPSA) is 103 Å². The van der Waals surface area contributed by atoms with E-state index in [1.807, 2.05) is 25.1 Å². The highest BCUT2D eigenvalue weighted by atomic mass is 79.9. The zero-order valence-electron chi connectivity index (χ0n) is 14.3. The third-order valence-electron chi connectivity index (χ3n) is 3.71. The Labute approximate surface area is 168 Å². The first-order valence-electron chi connectivity index (χ1n) is 8.04. The van der Waals surface area contributed by atoms with Crippen LogP contribution in [0.4, 0.5) is 0 Å². The fourth-order valence-electron chi connectivity index (χ4n) is 2.46. The number of hydrogen-bond acceptors (Lipinski definition) is 5. The van der Waals surface area contributed by atoms with Crippen molar-refractivity contribution in [2.75, 3.05) is 6.61 Å². The molecule has 0 atom stereocenters. The average Bonchev–Trinajstić information content (AvgIpc) is 3.12. The van der Waals surface area contributed by atoms with E-state index >= 15 is 0 Å². The number of aromatic nitrogens is 3. The number of aromatic amines is 1. The van der Waals surface area contributed by atoms with Gasteiger partial charge in [-0.3, -0.25) is 4.79 Å². The molecule has 0 unspecified atom stereocenters. The number of carbonyl (C=O) groups excluding carboxylic acids is 1. The SMILES string of the molecule is CCOc1cc(-c2n[nH]nc2C(N)=O)c(Br)cc1OCc1ccccc1Cl. The first kappa shape index (κ1) is 19.2. The van der Waals surface area contributed by atoms with Gasteiger partial charge in [-0.2, -0.15) is 15.4 Å². The summed E-state index contributed by atoms with van der Waals surface area (Å²) in [5.74, 6) is 0.348. The van der Waals surface area contributed by atoms with Gasteiger partial charge in [-0.15, -0.1) is 0 Å². The Morgan fingerprint density at radius 2 is 1.96 bits per heavy atom. The Hall–Kier alpha value is -2.58. The maximum absolute atomic E-state index is 11.6. The minimum Gasteiger partial charge on any atom is -0.490 e. The van der Waals surface area contributed by atoms with E-state index in [-0.39, 0.29) is 12.3 Å². The Bertz CT molecular complexity index is 977. The molecule has 7 nitrogen and oxygen atoms in total. The van der Waals surface area contributed by atoms with Gasteiger partial charge in [-0.25, -0.2) is 0 Å². The van der Waals surface area contributed by atoms with Crippen LogP contribution in [0.3, 0.4) is 0 Å². The zero-order chi connectivity index (χ0) is 19.4. The number of ether oxygens (including phenoxy) is 2. The number of nitrogens with one attached hydrogen (secondary N) is 1. The van der Waals surface area contributed by atoms with E-state index in [0.29, 0.717) is 38.9 Å². The first-order chi connectivity index (χ1) is 13.0. The number of carbonyl (C=O) groups is 1. The summed E-state index contributed by atoms with van der Waals surface area (Å²) in [5.41, 5.74) is 7.18. The summed E-state index contributed by atoms with van der Waals surface area (Å²) < 4.78 is 12.3. The molecule has 140 valence electrons. The molecule has 1 heterocycles. The summed E-state index contributed by atoms with van der Waals surface area (Å²) >= 11 is 9.66. The van der Waals surface area contributed by atoms with Gasteiger partial charge in [0.1, 0.15) is 12.3 Å². The van der Waals surface area contributed by atoms with Crippen LogP contribution in [0.5, 0.6) is 11.5 Å². The maximum atomic E-state index is 11.6. The van der Waals surface area contributed by atoms with E-state index in [9.17, 15) is 4.79 Å². The van der Waals surface area contributed by atoms with Gasteiger partial charge in [0.15, 0.2) is 17.2 Å². The van der Waals surface area contributed by atoms with Crippen molar-refractivity contribution < 1.29 is 14.3 Å². The molecule has 0 aliphatic rings. The minimum absolute atomic E-state index is 0.0443. The number of nitrogens with two attached hydrogens (primary N) is 1. The van der Waals surface area contributed by atoms with Gasteiger partial charge in [-0.1, -0.05) is 29.8 Å². The predicted molar refractivity (Wildman–Crippen MR) is 105 cm³/mol. The van der Waals surface area contributed by atoms with Gasteiger partial charge in [0.05, 0.1) is 6.61 Å². The number of hydrogen-bond donors (Lipinski definition) is 2. The second kappa shape index (κ2) is 8.41. The summed E-state index contributed by atoms with van der Waals surface area (Å²) in [5, 5.41) is 10.9. The fraction of sp³-hybridized carbons (Fsp3) is 0.167. The molecule has 3 N–H and O–H groups in total. The van der Waals surface area contributed by atoms with Crippen LogP contribution in [0.15, 0.2) is 40.9 Å². The summed E-state index contributed by atoms with van der Waals surface area (Å²) in [6, 6.07) is 10.9. The molecule has 1 aromatic heterocycles. The number of benzene rings is 2. The fourth-order valence-corrected chi connectivity index (χ4v) is 3.16. The normalized spacial score (nSPS) is 10.6. The van der Waals surface area contributed by atoms with E-state index in [1.165, 1.54) is 0 Å². The van der Waals surface area contributed by atoms with Crippen molar-refractivity contribution >= 4 is 33.4 Å². The van der Waals surface area contributed by atoms with Gasteiger partial charge in [0.25, 0.3) is 5.91 Å². The summed E-state index contributed by atoms with van der Waals surface area (Å²) in [6.45, 7) is 2.58. The van der Waals surface area contributed by atoms with Crippen LogP contribution in [0.25, 0.3) is 11.3 Å². The monoisotopic (exact) mass is 450 g/mol. The number of halogens is 2. The molecular weight excluding hydrogens is 436 g/mol. The van der Waals surface area contributed by atoms with Crippen LogP contribution in [0, 0.1) is 0 Å². The molecule has 2 aromatic carbocycles. The second-order valence-corrected chi connectivity index (χ2v) is 6.74. The molecule has 0 fully saturated rings.